The number of halogens is 8. The van der Waals surface area contributed by atoms with E-state index in [2.05, 4.69) is 9.98 Å². The van der Waals surface area contributed by atoms with Crippen molar-refractivity contribution in [1.29, 1.82) is 0 Å². The fraction of sp³-hybridized carbons (Fsp3) is 0.0435. The lowest BCUT2D eigenvalue weighted by Gasteiger charge is -2.09. The van der Waals surface area contributed by atoms with E-state index in [1.54, 1.807) is 25.1 Å². The highest BCUT2D eigenvalue weighted by atomic mass is 35.5. The SMILES string of the molecule is Cc1c(N=C2OC(=O)c3c(Cl)c(Cl)c(Cl)c(Cl)c32)cccc1N=C1OC(=O)c2c(Cl)c(Cl)c(Cl)c(Cl)c21. The van der Waals surface area contributed by atoms with Gasteiger partial charge in [-0.25, -0.2) is 19.6 Å². The minimum atomic E-state index is -0.787. The third-order valence-electron chi connectivity index (χ3n) is 5.47. The maximum Gasteiger partial charge on any atom is 0.347 e. The number of aliphatic imine (C=N–C) groups is 2. The first kappa shape index (κ1) is 26.9. The van der Waals surface area contributed by atoms with Gasteiger partial charge in [-0.1, -0.05) is 98.9 Å². The quantitative estimate of drug-likeness (QED) is 0.156. The molecule has 3 aromatic rings. The zero-order chi connectivity index (χ0) is 26.9. The molecule has 0 saturated heterocycles. The normalized spacial score (nSPS) is 16.4. The first-order valence-electron chi connectivity index (χ1n) is 9.88. The molecule has 0 unspecified atom stereocenters. The summed E-state index contributed by atoms with van der Waals surface area (Å²) < 4.78 is 10.6. The van der Waals surface area contributed by atoms with E-state index in [-0.39, 0.29) is 74.2 Å². The monoisotopic (exact) mass is 654 g/mol. The topological polar surface area (TPSA) is 77.3 Å². The molecule has 37 heavy (non-hydrogen) atoms. The Morgan fingerprint density at radius 2 is 0.865 bits per heavy atom. The van der Waals surface area contributed by atoms with E-state index in [4.69, 9.17) is 102 Å². The highest BCUT2D eigenvalue weighted by molar-refractivity contribution is 6.55. The average Bonchev–Trinajstić information content (AvgIpc) is 3.36. The Bertz CT molecular complexity index is 1550. The highest BCUT2D eigenvalue weighted by Gasteiger charge is 2.38. The second-order valence-corrected chi connectivity index (χ2v) is 10.6. The summed E-state index contributed by atoms with van der Waals surface area (Å²) in [6.45, 7) is 1.70. The molecule has 0 aromatic heterocycles. The predicted octanol–water partition coefficient (Wildman–Crippen LogP) is 9.72. The second kappa shape index (κ2) is 9.78. The number of fused-ring (bicyclic) bond motifs is 2. The molecule has 2 aliphatic heterocycles. The Morgan fingerprint density at radius 3 is 1.22 bits per heavy atom. The average molecular weight is 658 g/mol. The van der Waals surface area contributed by atoms with Crippen LogP contribution in [0.2, 0.25) is 40.2 Å². The molecule has 0 spiro atoms. The van der Waals surface area contributed by atoms with Gasteiger partial charge in [0.15, 0.2) is 0 Å². The van der Waals surface area contributed by atoms with Crippen molar-refractivity contribution >= 4 is 128 Å². The fourth-order valence-corrected chi connectivity index (χ4v) is 5.68. The van der Waals surface area contributed by atoms with Crippen molar-refractivity contribution in [2.24, 2.45) is 9.98 Å². The van der Waals surface area contributed by atoms with Crippen LogP contribution in [0.1, 0.15) is 37.4 Å². The summed E-state index contributed by atoms with van der Waals surface area (Å²) in [6, 6.07) is 4.91. The Labute approximate surface area is 248 Å². The van der Waals surface area contributed by atoms with E-state index in [9.17, 15) is 9.59 Å². The van der Waals surface area contributed by atoms with Crippen LogP contribution in [-0.4, -0.2) is 23.7 Å². The van der Waals surface area contributed by atoms with Crippen LogP contribution >= 0.6 is 92.8 Å². The maximum atomic E-state index is 12.5. The van der Waals surface area contributed by atoms with E-state index in [0.717, 1.165) is 0 Å². The van der Waals surface area contributed by atoms with E-state index >= 15 is 0 Å². The predicted molar refractivity (Wildman–Crippen MR) is 147 cm³/mol. The third-order valence-corrected chi connectivity index (χ3v) is 9.07. The van der Waals surface area contributed by atoms with Gasteiger partial charge in [0.2, 0.25) is 11.8 Å². The number of hydrogen-bond donors (Lipinski definition) is 0. The number of benzene rings is 3. The molecule has 0 aliphatic carbocycles. The zero-order valence-electron chi connectivity index (χ0n) is 17.8. The Kier molecular flexibility index (Phi) is 7.10. The van der Waals surface area contributed by atoms with Gasteiger partial charge in [0.1, 0.15) is 0 Å². The number of cyclic esters (lactones) is 2. The summed E-state index contributed by atoms with van der Waals surface area (Å²) in [6.07, 6.45) is 0. The highest BCUT2D eigenvalue weighted by Crippen LogP contribution is 2.46. The summed E-state index contributed by atoms with van der Waals surface area (Å²) in [7, 11) is 0. The van der Waals surface area contributed by atoms with Crippen molar-refractivity contribution in [3.63, 3.8) is 0 Å². The fourth-order valence-electron chi connectivity index (χ4n) is 3.66. The van der Waals surface area contributed by atoms with E-state index in [1.807, 2.05) is 0 Å². The van der Waals surface area contributed by atoms with Crippen LogP contribution in [0.15, 0.2) is 28.2 Å². The van der Waals surface area contributed by atoms with Crippen molar-refractivity contribution in [1.82, 2.24) is 0 Å². The van der Waals surface area contributed by atoms with Crippen molar-refractivity contribution in [2.45, 2.75) is 6.92 Å². The molecule has 188 valence electrons. The van der Waals surface area contributed by atoms with Gasteiger partial charge < -0.3 is 9.47 Å². The standard InChI is InChI=1S/C23H6Cl8N2O4/c1-5-6(32-20-8-10(22(34)36-20)14(26)18(30)16(28)12(8)24)3-2-4-7(5)33-21-9-11(23(35)37-21)15(27)19(31)17(29)13(9)25/h2-4H,1H3. The lowest BCUT2D eigenvalue weighted by atomic mass is 10.1. The number of nitrogens with zero attached hydrogens (tertiary/aromatic N) is 2. The van der Waals surface area contributed by atoms with Crippen LogP contribution in [0.5, 0.6) is 0 Å². The van der Waals surface area contributed by atoms with Crippen LogP contribution in [0.25, 0.3) is 0 Å². The molecule has 0 saturated carbocycles. The molecule has 6 nitrogen and oxygen atoms in total. The van der Waals surface area contributed by atoms with Gasteiger partial charge in [0.05, 0.1) is 73.8 Å². The minimum absolute atomic E-state index is 0.0405. The van der Waals surface area contributed by atoms with Crippen LogP contribution in [0, 0.1) is 6.92 Å². The number of hydrogen-bond acceptors (Lipinski definition) is 6. The molecule has 5 rings (SSSR count). The van der Waals surface area contributed by atoms with Crippen molar-refractivity contribution in [2.75, 3.05) is 0 Å². The molecule has 2 heterocycles. The molecular formula is C23H6Cl8N2O4. The van der Waals surface area contributed by atoms with Gasteiger partial charge in [-0.05, 0) is 19.1 Å². The molecule has 0 amide bonds. The molecule has 3 aromatic carbocycles. The van der Waals surface area contributed by atoms with E-state index in [0.29, 0.717) is 16.9 Å². The summed E-state index contributed by atoms with van der Waals surface area (Å²) in [5.74, 6) is -1.84. The number of esters is 2. The van der Waals surface area contributed by atoms with Crippen LogP contribution in [0.3, 0.4) is 0 Å². The minimum Gasteiger partial charge on any atom is -0.403 e. The molecule has 0 bridgehead atoms. The first-order valence-corrected chi connectivity index (χ1v) is 12.9. The van der Waals surface area contributed by atoms with Crippen molar-refractivity contribution in [3.8, 4) is 0 Å². The molecule has 0 radical (unpaired) electrons. The lowest BCUT2D eigenvalue weighted by molar-refractivity contribution is 0.0727. The van der Waals surface area contributed by atoms with Gasteiger partial charge in [0.25, 0.3) is 0 Å². The maximum absolute atomic E-state index is 12.5. The molecular weight excluding hydrogens is 652 g/mol. The summed E-state index contributed by atoms with van der Waals surface area (Å²) in [5, 5.41) is -0.542. The van der Waals surface area contributed by atoms with Gasteiger partial charge in [-0.2, -0.15) is 0 Å². The number of carbonyl (C=O) groups excluding carboxylic acids is 2. The first-order chi connectivity index (χ1) is 17.4. The van der Waals surface area contributed by atoms with Crippen LogP contribution in [-0.2, 0) is 9.47 Å². The molecule has 0 N–H and O–H groups in total. The summed E-state index contributed by atoms with van der Waals surface area (Å²) in [5.41, 5.74) is 1.32. The van der Waals surface area contributed by atoms with Crippen LogP contribution in [0.4, 0.5) is 11.4 Å². The molecule has 14 heteroatoms. The number of ether oxygens (including phenoxy) is 2. The Balaban J connectivity index is 1.64. The van der Waals surface area contributed by atoms with E-state index < -0.39 is 11.9 Å². The third kappa shape index (κ3) is 4.19. The number of rotatable bonds is 2. The van der Waals surface area contributed by atoms with Crippen molar-refractivity contribution < 1.29 is 19.1 Å². The van der Waals surface area contributed by atoms with Gasteiger partial charge in [-0.15, -0.1) is 0 Å². The van der Waals surface area contributed by atoms with E-state index in [1.165, 1.54) is 0 Å². The van der Waals surface area contributed by atoms with Gasteiger partial charge in [0, 0.05) is 5.56 Å². The molecule has 2 aliphatic rings. The summed E-state index contributed by atoms with van der Waals surface area (Å²) >= 11 is 49.6. The Hall–Kier alpha value is -1.74. The Morgan fingerprint density at radius 1 is 0.541 bits per heavy atom. The lowest BCUT2D eigenvalue weighted by Crippen LogP contribution is -2.01. The summed E-state index contributed by atoms with van der Waals surface area (Å²) in [4.78, 5) is 33.8. The van der Waals surface area contributed by atoms with Gasteiger partial charge >= 0.3 is 11.9 Å². The van der Waals surface area contributed by atoms with Crippen molar-refractivity contribution in [3.05, 3.63) is 86.2 Å². The smallest absolute Gasteiger partial charge is 0.347 e. The number of carbonyl (C=O) groups is 2. The van der Waals surface area contributed by atoms with Gasteiger partial charge in [-0.3, -0.25) is 0 Å². The molecule has 0 atom stereocenters. The molecule has 0 fully saturated rings. The largest absolute Gasteiger partial charge is 0.403 e. The zero-order valence-corrected chi connectivity index (χ0v) is 23.8. The van der Waals surface area contributed by atoms with Crippen LogP contribution < -0.4 is 0 Å². The second-order valence-electron chi connectivity index (χ2n) is 7.55.